The molecule has 0 bridgehead atoms. The molecule has 1 aliphatic rings. The van der Waals surface area contributed by atoms with Gasteiger partial charge in [0.25, 0.3) is 5.91 Å². The van der Waals surface area contributed by atoms with Crippen molar-refractivity contribution in [2.75, 3.05) is 6.61 Å². The van der Waals surface area contributed by atoms with E-state index in [0.29, 0.717) is 10.2 Å². The predicted octanol–water partition coefficient (Wildman–Crippen LogP) is 2.43. The number of aromatic nitrogens is 1. The number of nitrogens with one attached hydrogen (secondary N) is 2. The molecular formula is C13H18N2O2S. The van der Waals surface area contributed by atoms with Gasteiger partial charge in [-0.05, 0) is 31.4 Å². The minimum absolute atomic E-state index is 0.0645. The molecular weight excluding hydrogens is 248 g/mol. The van der Waals surface area contributed by atoms with E-state index in [1.807, 2.05) is 0 Å². The minimum Gasteiger partial charge on any atom is -0.376 e. The van der Waals surface area contributed by atoms with Crippen LogP contribution in [0.15, 0.2) is 18.3 Å². The summed E-state index contributed by atoms with van der Waals surface area (Å²) in [4.78, 5) is 15.0. The highest BCUT2D eigenvalue weighted by Gasteiger charge is 2.26. The number of carbonyl (C=O) groups excluding carboxylic acids is 1. The molecule has 0 aromatic carbocycles. The van der Waals surface area contributed by atoms with Gasteiger partial charge in [-0.2, -0.15) is 0 Å². The molecule has 0 aliphatic carbocycles. The van der Waals surface area contributed by atoms with Crippen molar-refractivity contribution >= 4 is 18.1 Å². The number of H-pyrrole nitrogens is 1. The van der Waals surface area contributed by atoms with E-state index < -0.39 is 0 Å². The Balaban J connectivity index is 2.05. The lowest BCUT2D eigenvalue weighted by Gasteiger charge is -2.22. The third-order valence-electron chi connectivity index (χ3n) is 3.23. The lowest BCUT2D eigenvalue weighted by Crippen LogP contribution is -2.42. The van der Waals surface area contributed by atoms with Gasteiger partial charge >= 0.3 is 0 Å². The zero-order valence-electron chi connectivity index (χ0n) is 10.4. The van der Waals surface area contributed by atoms with Crippen molar-refractivity contribution in [2.45, 2.75) is 38.3 Å². The number of amides is 1. The molecule has 0 unspecified atom stereocenters. The summed E-state index contributed by atoms with van der Waals surface area (Å²) in [7, 11) is 0. The van der Waals surface area contributed by atoms with E-state index in [4.69, 9.17) is 17.0 Å². The van der Waals surface area contributed by atoms with Crippen LogP contribution in [0, 0.1) is 4.64 Å². The Morgan fingerprint density at radius 2 is 2.56 bits per heavy atom. The van der Waals surface area contributed by atoms with Gasteiger partial charge < -0.3 is 15.0 Å². The number of carbonyl (C=O) groups is 1. The number of pyridine rings is 1. The van der Waals surface area contributed by atoms with E-state index in [9.17, 15) is 4.79 Å². The molecule has 5 heteroatoms. The zero-order valence-corrected chi connectivity index (χ0v) is 11.3. The standard InChI is InChI=1S/C13H18N2O2S/c1-2-10(11-6-4-8-17-11)15-12(16)9-5-3-7-14-13(9)18/h3,5,7,10-11H,2,4,6,8H2,1H3,(H,14,18)(H,15,16)/t10-,11-/m1/s1. The van der Waals surface area contributed by atoms with Crippen LogP contribution in [0.5, 0.6) is 0 Å². The molecule has 1 fully saturated rings. The number of ether oxygens (including phenoxy) is 1. The zero-order chi connectivity index (χ0) is 13.0. The summed E-state index contributed by atoms with van der Waals surface area (Å²) in [6.07, 6.45) is 4.80. The summed E-state index contributed by atoms with van der Waals surface area (Å²) in [6.45, 7) is 2.85. The smallest absolute Gasteiger partial charge is 0.254 e. The van der Waals surface area contributed by atoms with Gasteiger partial charge in [-0.1, -0.05) is 19.1 Å². The van der Waals surface area contributed by atoms with E-state index >= 15 is 0 Å². The van der Waals surface area contributed by atoms with Crippen molar-refractivity contribution in [3.05, 3.63) is 28.5 Å². The second kappa shape index (κ2) is 6.11. The van der Waals surface area contributed by atoms with Gasteiger partial charge in [-0.3, -0.25) is 4.79 Å². The average Bonchev–Trinajstić information content (AvgIpc) is 2.90. The first-order valence-corrected chi connectivity index (χ1v) is 6.73. The number of rotatable bonds is 4. The fourth-order valence-corrected chi connectivity index (χ4v) is 2.45. The molecule has 18 heavy (non-hydrogen) atoms. The Morgan fingerprint density at radius 3 is 3.17 bits per heavy atom. The van der Waals surface area contributed by atoms with E-state index in [-0.39, 0.29) is 18.1 Å². The minimum atomic E-state index is -0.126. The van der Waals surface area contributed by atoms with Crippen LogP contribution in [0.1, 0.15) is 36.5 Å². The number of hydrogen-bond donors (Lipinski definition) is 2. The summed E-state index contributed by atoms with van der Waals surface area (Å²) in [5, 5.41) is 3.02. The molecule has 2 heterocycles. The molecule has 1 saturated heterocycles. The van der Waals surface area contributed by atoms with Crippen LogP contribution in [-0.4, -0.2) is 29.6 Å². The highest BCUT2D eigenvalue weighted by molar-refractivity contribution is 7.71. The van der Waals surface area contributed by atoms with Crippen LogP contribution < -0.4 is 5.32 Å². The van der Waals surface area contributed by atoms with Crippen LogP contribution in [0.4, 0.5) is 0 Å². The summed E-state index contributed by atoms with van der Waals surface area (Å²) >= 11 is 5.10. The van der Waals surface area contributed by atoms with Crippen molar-refractivity contribution in [1.82, 2.24) is 10.3 Å². The van der Waals surface area contributed by atoms with Crippen LogP contribution in [0.25, 0.3) is 0 Å². The van der Waals surface area contributed by atoms with Gasteiger partial charge in [0, 0.05) is 12.8 Å². The molecule has 0 saturated carbocycles. The molecule has 0 spiro atoms. The topological polar surface area (TPSA) is 54.1 Å². The largest absolute Gasteiger partial charge is 0.376 e. The first kappa shape index (κ1) is 13.2. The van der Waals surface area contributed by atoms with Crippen LogP contribution in [-0.2, 0) is 4.74 Å². The molecule has 4 nitrogen and oxygen atoms in total. The second-order valence-corrected chi connectivity index (χ2v) is 4.86. The molecule has 1 aliphatic heterocycles. The van der Waals surface area contributed by atoms with Gasteiger partial charge in [0.05, 0.1) is 17.7 Å². The van der Waals surface area contributed by atoms with E-state index in [1.165, 1.54) is 0 Å². The SMILES string of the molecule is CC[C@@H](NC(=O)c1ccc[nH]c1=S)[C@H]1CCCO1. The van der Waals surface area contributed by atoms with Crippen LogP contribution >= 0.6 is 12.2 Å². The molecule has 1 aromatic heterocycles. The van der Waals surface area contributed by atoms with Gasteiger partial charge in [0.15, 0.2) is 0 Å². The van der Waals surface area contributed by atoms with E-state index in [0.717, 1.165) is 25.9 Å². The molecule has 1 aromatic rings. The average molecular weight is 266 g/mol. The maximum atomic E-state index is 12.1. The third kappa shape index (κ3) is 2.97. The van der Waals surface area contributed by atoms with E-state index in [1.54, 1.807) is 18.3 Å². The van der Waals surface area contributed by atoms with Gasteiger partial charge in [-0.15, -0.1) is 0 Å². The monoisotopic (exact) mass is 266 g/mol. The Bertz CT molecular complexity index is 466. The lowest BCUT2D eigenvalue weighted by molar-refractivity contribution is 0.0665. The Labute approximate surface area is 112 Å². The van der Waals surface area contributed by atoms with Gasteiger partial charge in [0.2, 0.25) is 0 Å². The van der Waals surface area contributed by atoms with E-state index in [2.05, 4.69) is 17.2 Å². The number of aromatic amines is 1. The fourth-order valence-electron chi connectivity index (χ4n) is 2.22. The van der Waals surface area contributed by atoms with Crippen molar-refractivity contribution in [3.63, 3.8) is 0 Å². The molecule has 0 radical (unpaired) electrons. The summed E-state index contributed by atoms with van der Waals surface area (Å²) in [5.74, 6) is -0.126. The molecule has 98 valence electrons. The Morgan fingerprint density at radius 1 is 1.72 bits per heavy atom. The van der Waals surface area contributed by atoms with Crippen molar-refractivity contribution < 1.29 is 9.53 Å². The predicted molar refractivity (Wildman–Crippen MR) is 72.1 cm³/mol. The fraction of sp³-hybridized carbons (Fsp3) is 0.538. The first-order valence-electron chi connectivity index (χ1n) is 6.32. The van der Waals surface area contributed by atoms with Gasteiger partial charge in [-0.25, -0.2) is 0 Å². The summed E-state index contributed by atoms with van der Waals surface area (Å²) < 4.78 is 6.09. The molecule has 2 N–H and O–H groups in total. The van der Waals surface area contributed by atoms with Crippen LogP contribution in [0.3, 0.4) is 0 Å². The van der Waals surface area contributed by atoms with Crippen molar-refractivity contribution in [1.29, 1.82) is 0 Å². The third-order valence-corrected chi connectivity index (χ3v) is 3.57. The molecule has 2 rings (SSSR count). The summed E-state index contributed by atoms with van der Waals surface area (Å²) in [5.41, 5.74) is 0.518. The van der Waals surface area contributed by atoms with Crippen molar-refractivity contribution in [3.8, 4) is 0 Å². The highest BCUT2D eigenvalue weighted by Crippen LogP contribution is 2.18. The first-order chi connectivity index (χ1) is 8.72. The Hall–Kier alpha value is -1.20. The Kier molecular flexibility index (Phi) is 4.49. The molecule has 2 atom stereocenters. The van der Waals surface area contributed by atoms with Crippen LogP contribution in [0.2, 0.25) is 0 Å². The maximum Gasteiger partial charge on any atom is 0.254 e. The second-order valence-electron chi connectivity index (χ2n) is 4.45. The highest BCUT2D eigenvalue weighted by atomic mass is 32.1. The lowest BCUT2D eigenvalue weighted by atomic mass is 10.1. The normalized spacial score (nSPS) is 20.6. The molecule has 1 amide bonds. The van der Waals surface area contributed by atoms with Gasteiger partial charge in [0.1, 0.15) is 4.64 Å². The summed E-state index contributed by atoms with van der Waals surface area (Å²) in [6, 6.07) is 3.57. The number of hydrogen-bond acceptors (Lipinski definition) is 3. The quantitative estimate of drug-likeness (QED) is 0.823. The maximum absolute atomic E-state index is 12.1. The van der Waals surface area contributed by atoms with Crippen molar-refractivity contribution in [2.24, 2.45) is 0 Å².